The number of aliphatic hydroxyl groups excluding tert-OH is 1. The quantitative estimate of drug-likeness (QED) is 0.389. The van der Waals surface area contributed by atoms with Crippen LogP contribution >= 0.6 is 0 Å². The van der Waals surface area contributed by atoms with Crippen LogP contribution in [0, 0.1) is 0 Å². The van der Waals surface area contributed by atoms with Gasteiger partial charge in [-0.2, -0.15) is 0 Å². The zero-order valence-corrected chi connectivity index (χ0v) is 9.78. The molecule has 0 aliphatic rings. The zero-order valence-electron chi connectivity index (χ0n) is 9.78. The van der Waals surface area contributed by atoms with Crippen molar-refractivity contribution in [3.05, 3.63) is 0 Å². The van der Waals surface area contributed by atoms with Gasteiger partial charge in [-0.1, -0.05) is 6.92 Å². The minimum atomic E-state index is -0.710. The Kier molecular flexibility index (Phi) is 8.46. The van der Waals surface area contributed by atoms with Crippen molar-refractivity contribution >= 4 is 11.8 Å². The van der Waals surface area contributed by atoms with E-state index in [-0.39, 0.29) is 12.6 Å². The summed E-state index contributed by atoms with van der Waals surface area (Å²) in [6, 6.07) is -0.364. The molecule has 0 spiro atoms. The molecule has 3 N–H and O–H groups in total. The summed E-state index contributed by atoms with van der Waals surface area (Å²) in [7, 11) is 1.57. The standard InChI is InChI=1S/C10H20N2O4/c1-3-8(7-13)12-10(15)9(14)11-5-4-6-16-2/h8,13H,3-7H2,1-2H3,(H,11,14)(H,12,15)/t8-/m1/s1. The van der Waals surface area contributed by atoms with E-state index in [1.807, 2.05) is 6.92 Å². The summed E-state index contributed by atoms with van der Waals surface area (Å²) in [5.41, 5.74) is 0. The highest BCUT2D eigenvalue weighted by molar-refractivity contribution is 6.35. The Morgan fingerprint density at radius 2 is 2.06 bits per heavy atom. The average molecular weight is 232 g/mol. The molecule has 0 bridgehead atoms. The molecule has 0 aromatic carbocycles. The molecule has 0 heterocycles. The van der Waals surface area contributed by atoms with Crippen LogP contribution in [-0.4, -0.2) is 49.8 Å². The second-order valence-electron chi connectivity index (χ2n) is 3.36. The van der Waals surface area contributed by atoms with Crippen LogP contribution in [0.3, 0.4) is 0 Å². The number of carbonyl (C=O) groups is 2. The molecule has 0 fully saturated rings. The van der Waals surface area contributed by atoms with Crippen molar-refractivity contribution in [2.75, 3.05) is 26.9 Å². The monoisotopic (exact) mass is 232 g/mol. The van der Waals surface area contributed by atoms with Crippen molar-refractivity contribution in [3.8, 4) is 0 Å². The number of aliphatic hydroxyl groups is 1. The first kappa shape index (κ1) is 14.9. The summed E-state index contributed by atoms with van der Waals surface area (Å²) in [4.78, 5) is 22.5. The molecule has 6 heteroatoms. The van der Waals surface area contributed by atoms with Crippen LogP contribution in [0.25, 0.3) is 0 Å². The Hall–Kier alpha value is -1.14. The van der Waals surface area contributed by atoms with Gasteiger partial charge in [-0.25, -0.2) is 0 Å². The predicted octanol–water partition coefficient (Wildman–Crippen LogP) is -0.974. The van der Waals surface area contributed by atoms with Gasteiger partial charge in [0.1, 0.15) is 0 Å². The molecule has 0 aromatic rings. The second kappa shape index (κ2) is 9.11. The van der Waals surface area contributed by atoms with E-state index in [1.54, 1.807) is 7.11 Å². The molecule has 2 amide bonds. The van der Waals surface area contributed by atoms with Gasteiger partial charge in [0.2, 0.25) is 0 Å². The fourth-order valence-corrected chi connectivity index (χ4v) is 1.03. The molecular formula is C10H20N2O4. The lowest BCUT2D eigenvalue weighted by molar-refractivity contribution is -0.139. The van der Waals surface area contributed by atoms with Gasteiger partial charge in [-0.15, -0.1) is 0 Å². The molecule has 0 aliphatic heterocycles. The van der Waals surface area contributed by atoms with E-state index >= 15 is 0 Å². The fraction of sp³-hybridized carbons (Fsp3) is 0.800. The van der Waals surface area contributed by atoms with Crippen molar-refractivity contribution in [3.63, 3.8) is 0 Å². The summed E-state index contributed by atoms with van der Waals surface area (Å²) in [5.74, 6) is -1.39. The first-order chi connectivity index (χ1) is 7.65. The molecule has 6 nitrogen and oxygen atoms in total. The second-order valence-corrected chi connectivity index (χ2v) is 3.36. The molecular weight excluding hydrogens is 212 g/mol. The lowest BCUT2D eigenvalue weighted by Gasteiger charge is -2.13. The molecule has 0 radical (unpaired) electrons. The molecule has 0 unspecified atom stereocenters. The first-order valence-corrected chi connectivity index (χ1v) is 5.34. The molecule has 0 aliphatic carbocycles. The Morgan fingerprint density at radius 3 is 2.56 bits per heavy atom. The van der Waals surface area contributed by atoms with Crippen LogP contribution in [0.4, 0.5) is 0 Å². The predicted molar refractivity (Wildman–Crippen MR) is 58.8 cm³/mol. The van der Waals surface area contributed by atoms with Gasteiger partial charge in [-0.05, 0) is 12.8 Å². The smallest absolute Gasteiger partial charge is 0.309 e. The summed E-state index contributed by atoms with van der Waals surface area (Å²) in [5, 5.41) is 13.7. The highest BCUT2D eigenvalue weighted by atomic mass is 16.5. The van der Waals surface area contributed by atoms with Gasteiger partial charge in [0.25, 0.3) is 0 Å². The minimum absolute atomic E-state index is 0.167. The molecule has 0 rings (SSSR count). The van der Waals surface area contributed by atoms with E-state index in [1.165, 1.54) is 0 Å². The van der Waals surface area contributed by atoms with Gasteiger partial charge < -0.3 is 20.5 Å². The van der Waals surface area contributed by atoms with Crippen molar-refractivity contribution in [1.82, 2.24) is 10.6 Å². The maximum atomic E-state index is 11.3. The Balaban J connectivity index is 3.77. The number of nitrogens with one attached hydrogen (secondary N) is 2. The number of amides is 2. The Bertz CT molecular complexity index is 217. The first-order valence-electron chi connectivity index (χ1n) is 5.34. The molecule has 1 atom stereocenters. The number of carbonyl (C=O) groups excluding carboxylic acids is 2. The van der Waals surface area contributed by atoms with Gasteiger partial charge in [0.05, 0.1) is 12.6 Å². The summed E-state index contributed by atoms with van der Waals surface area (Å²) in [6.07, 6.45) is 1.24. The van der Waals surface area contributed by atoms with Crippen LogP contribution in [0.1, 0.15) is 19.8 Å². The van der Waals surface area contributed by atoms with Gasteiger partial charge in [0, 0.05) is 20.3 Å². The third-order valence-corrected chi connectivity index (χ3v) is 2.07. The molecule has 94 valence electrons. The SMILES string of the molecule is CC[C@H](CO)NC(=O)C(=O)NCCCOC. The maximum absolute atomic E-state index is 11.3. The van der Waals surface area contributed by atoms with E-state index < -0.39 is 11.8 Å². The molecule has 16 heavy (non-hydrogen) atoms. The summed E-state index contributed by atoms with van der Waals surface area (Å²) in [6.45, 7) is 2.59. The molecule has 0 saturated carbocycles. The summed E-state index contributed by atoms with van der Waals surface area (Å²) < 4.78 is 4.80. The van der Waals surface area contributed by atoms with Crippen LogP contribution in [0.5, 0.6) is 0 Å². The highest BCUT2D eigenvalue weighted by Gasteiger charge is 2.16. The van der Waals surface area contributed by atoms with E-state index in [0.717, 1.165) is 0 Å². The van der Waals surface area contributed by atoms with Crippen molar-refractivity contribution < 1.29 is 19.4 Å². The maximum Gasteiger partial charge on any atom is 0.309 e. The van der Waals surface area contributed by atoms with Crippen molar-refractivity contribution in [2.45, 2.75) is 25.8 Å². The lowest BCUT2D eigenvalue weighted by atomic mass is 10.2. The van der Waals surface area contributed by atoms with Crippen LogP contribution in [0.15, 0.2) is 0 Å². The molecule has 0 aromatic heterocycles. The Morgan fingerprint density at radius 1 is 1.38 bits per heavy atom. The van der Waals surface area contributed by atoms with Crippen LogP contribution < -0.4 is 10.6 Å². The van der Waals surface area contributed by atoms with E-state index in [9.17, 15) is 9.59 Å². The number of methoxy groups -OCH3 is 1. The highest BCUT2D eigenvalue weighted by Crippen LogP contribution is 1.88. The normalized spacial score (nSPS) is 11.9. The summed E-state index contributed by atoms with van der Waals surface area (Å²) >= 11 is 0. The van der Waals surface area contributed by atoms with Crippen molar-refractivity contribution in [2.24, 2.45) is 0 Å². The Labute approximate surface area is 95.4 Å². The van der Waals surface area contributed by atoms with Gasteiger partial charge in [0.15, 0.2) is 0 Å². The van der Waals surface area contributed by atoms with Crippen LogP contribution in [-0.2, 0) is 14.3 Å². The third-order valence-electron chi connectivity index (χ3n) is 2.07. The third kappa shape index (κ3) is 6.36. The van der Waals surface area contributed by atoms with Crippen molar-refractivity contribution in [1.29, 1.82) is 0 Å². The topological polar surface area (TPSA) is 87.7 Å². The van der Waals surface area contributed by atoms with Gasteiger partial charge in [-0.3, -0.25) is 9.59 Å². The zero-order chi connectivity index (χ0) is 12.4. The van der Waals surface area contributed by atoms with E-state index in [0.29, 0.717) is 26.0 Å². The van der Waals surface area contributed by atoms with Crippen LogP contribution in [0.2, 0.25) is 0 Å². The average Bonchev–Trinajstić information content (AvgIpc) is 2.30. The largest absolute Gasteiger partial charge is 0.394 e. The number of rotatable bonds is 7. The lowest BCUT2D eigenvalue weighted by Crippen LogP contribution is -2.46. The minimum Gasteiger partial charge on any atom is -0.394 e. The van der Waals surface area contributed by atoms with E-state index in [4.69, 9.17) is 9.84 Å². The number of ether oxygens (including phenoxy) is 1. The fourth-order valence-electron chi connectivity index (χ4n) is 1.03. The molecule has 0 saturated heterocycles. The van der Waals surface area contributed by atoms with Gasteiger partial charge >= 0.3 is 11.8 Å². The number of hydrogen-bond acceptors (Lipinski definition) is 4. The van der Waals surface area contributed by atoms with E-state index in [2.05, 4.69) is 10.6 Å². The number of hydrogen-bond donors (Lipinski definition) is 3.